The summed E-state index contributed by atoms with van der Waals surface area (Å²) < 4.78 is 3.55. The van der Waals surface area contributed by atoms with Gasteiger partial charge in [-0.25, -0.2) is 0 Å². The van der Waals surface area contributed by atoms with Crippen LogP contribution in [0.4, 0.5) is 11.5 Å². The number of anilines is 2. The van der Waals surface area contributed by atoms with Gasteiger partial charge in [-0.15, -0.1) is 0 Å². The summed E-state index contributed by atoms with van der Waals surface area (Å²) in [5, 5.41) is 17.3. The van der Waals surface area contributed by atoms with E-state index < -0.39 is 0 Å². The fourth-order valence-electron chi connectivity index (χ4n) is 2.94. The summed E-state index contributed by atoms with van der Waals surface area (Å²) in [5.41, 5.74) is 2.68. The maximum atomic E-state index is 6.24. The highest BCUT2D eigenvalue weighted by atomic mass is 35.5. The van der Waals surface area contributed by atoms with Gasteiger partial charge in [-0.3, -0.25) is 9.36 Å². The first-order valence-corrected chi connectivity index (χ1v) is 10.8. The van der Waals surface area contributed by atoms with Crippen LogP contribution >= 0.6 is 47.0 Å². The van der Waals surface area contributed by atoms with Crippen LogP contribution in [0.15, 0.2) is 67.1 Å². The van der Waals surface area contributed by atoms with E-state index in [2.05, 4.69) is 20.8 Å². The van der Waals surface area contributed by atoms with Crippen molar-refractivity contribution in [2.45, 2.75) is 13.1 Å². The zero-order valence-electron chi connectivity index (χ0n) is 16.1. The molecule has 4 aromatic rings. The maximum absolute atomic E-state index is 6.24. The van der Waals surface area contributed by atoms with Crippen LogP contribution in [-0.2, 0) is 13.1 Å². The van der Waals surface area contributed by atoms with Crippen LogP contribution in [0.1, 0.15) is 11.1 Å². The molecule has 0 bridgehead atoms. The first-order valence-electron chi connectivity index (χ1n) is 9.27. The molecule has 4 rings (SSSR count). The molecule has 10 heteroatoms. The zero-order chi connectivity index (χ0) is 21.8. The maximum Gasteiger partial charge on any atom is 0.176 e. The van der Waals surface area contributed by atoms with Crippen molar-refractivity contribution in [2.24, 2.45) is 0 Å². The van der Waals surface area contributed by atoms with Crippen molar-refractivity contribution in [2.75, 3.05) is 10.6 Å². The molecular formula is C21H17Cl3N6S. The number of halogens is 3. The molecule has 2 N–H and O–H groups in total. The molecule has 0 atom stereocenters. The van der Waals surface area contributed by atoms with Gasteiger partial charge in [0.2, 0.25) is 0 Å². The van der Waals surface area contributed by atoms with Crippen molar-refractivity contribution in [3.63, 3.8) is 0 Å². The van der Waals surface area contributed by atoms with Crippen molar-refractivity contribution in [1.29, 1.82) is 0 Å². The second-order valence-corrected chi connectivity index (χ2v) is 8.39. The second kappa shape index (κ2) is 9.70. The van der Waals surface area contributed by atoms with Gasteiger partial charge in [0.25, 0.3) is 0 Å². The van der Waals surface area contributed by atoms with E-state index in [1.165, 1.54) is 0 Å². The predicted molar refractivity (Wildman–Crippen MR) is 130 cm³/mol. The molecule has 0 aliphatic rings. The topological polar surface area (TPSA) is 59.7 Å². The third-order valence-electron chi connectivity index (χ3n) is 4.41. The highest BCUT2D eigenvalue weighted by Gasteiger charge is 2.07. The van der Waals surface area contributed by atoms with E-state index in [-0.39, 0.29) is 0 Å². The quantitative estimate of drug-likeness (QED) is 0.327. The van der Waals surface area contributed by atoms with Crippen molar-refractivity contribution >= 4 is 63.6 Å². The molecule has 0 saturated heterocycles. The van der Waals surface area contributed by atoms with Crippen LogP contribution in [0.25, 0.3) is 0 Å². The molecule has 0 aliphatic carbocycles. The summed E-state index contributed by atoms with van der Waals surface area (Å²) >= 11 is 23.8. The lowest BCUT2D eigenvalue weighted by Gasteiger charge is -2.07. The minimum absolute atomic E-state index is 0.409. The summed E-state index contributed by atoms with van der Waals surface area (Å²) in [4.78, 5) is 0. The van der Waals surface area contributed by atoms with E-state index in [0.29, 0.717) is 39.1 Å². The fraction of sp³-hybridized carbons (Fsp3) is 0.0952. The lowest BCUT2D eigenvalue weighted by molar-refractivity contribution is 0.687. The van der Waals surface area contributed by atoms with Gasteiger partial charge in [0.1, 0.15) is 0 Å². The Labute approximate surface area is 199 Å². The first kappa shape index (κ1) is 21.6. The average Bonchev–Trinajstić information content (AvgIpc) is 3.35. The number of hydrogen-bond donors (Lipinski definition) is 2. The molecule has 0 radical (unpaired) electrons. The third kappa shape index (κ3) is 5.77. The Balaban J connectivity index is 1.33. The molecule has 6 nitrogen and oxygen atoms in total. The van der Waals surface area contributed by atoms with Crippen LogP contribution in [0.5, 0.6) is 0 Å². The molecule has 2 aromatic carbocycles. The fourth-order valence-corrected chi connectivity index (χ4v) is 3.82. The van der Waals surface area contributed by atoms with Gasteiger partial charge < -0.3 is 10.6 Å². The highest BCUT2D eigenvalue weighted by molar-refractivity contribution is 7.80. The van der Waals surface area contributed by atoms with Crippen LogP contribution in [0, 0.1) is 0 Å². The Kier molecular flexibility index (Phi) is 6.77. The minimum Gasteiger partial charge on any atom is -0.330 e. The molecule has 158 valence electrons. The summed E-state index contributed by atoms with van der Waals surface area (Å²) in [6.45, 7) is 1.09. The lowest BCUT2D eigenvalue weighted by atomic mass is 10.2. The van der Waals surface area contributed by atoms with Gasteiger partial charge in [0.15, 0.2) is 10.9 Å². The standard InChI is InChI=1S/C21H17Cl3N6S/c22-16-6-5-15(19(24)9-16)11-29-8-7-20(28-29)27-21(31)26-17-10-25-30(13-17)12-14-3-1-2-4-18(14)23/h1-10,13H,11-12H2,(H2,26,27,28,31). The molecule has 0 spiro atoms. The normalized spacial score (nSPS) is 10.8. The molecule has 31 heavy (non-hydrogen) atoms. The van der Waals surface area contributed by atoms with E-state index >= 15 is 0 Å². The lowest BCUT2D eigenvalue weighted by Crippen LogP contribution is -2.19. The highest BCUT2D eigenvalue weighted by Crippen LogP contribution is 2.22. The van der Waals surface area contributed by atoms with Crippen LogP contribution in [0.3, 0.4) is 0 Å². The van der Waals surface area contributed by atoms with Gasteiger partial charge >= 0.3 is 0 Å². The summed E-state index contributed by atoms with van der Waals surface area (Å²) in [5.74, 6) is 0.617. The monoisotopic (exact) mass is 490 g/mol. The first-order chi connectivity index (χ1) is 15.0. The zero-order valence-corrected chi connectivity index (χ0v) is 19.2. The van der Waals surface area contributed by atoms with Crippen molar-refractivity contribution in [3.05, 3.63) is 93.3 Å². The number of benzene rings is 2. The summed E-state index contributed by atoms with van der Waals surface area (Å²) in [7, 11) is 0. The molecule has 0 fully saturated rings. The van der Waals surface area contributed by atoms with Crippen LogP contribution < -0.4 is 10.6 Å². The summed E-state index contributed by atoms with van der Waals surface area (Å²) in [6, 6.07) is 14.9. The largest absolute Gasteiger partial charge is 0.330 e. The van der Waals surface area contributed by atoms with E-state index in [9.17, 15) is 0 Å². The molecule has 0 unspecified atom stereocenters. The Bertz CT molecular complexity index is 1220. The van der Waals surface area contributed by atoms with Gasteiger partial charge in [0.05, 0.1) is 25.0 Å². The molecular weight excluding hydrogens is 475 g/mol. The van der Waals surface area contributed by atoms with Crippen molar-refractivity contribution in [3.8, 4) is 0 Å². The van der Waals surface area contributed by atoms with Crippen LogP contribution in [-0.4, -0.2) is 24.7 Å². The minimum atomic E-state index is 0.409. The number of rotatable bonds is 6. The molecule has 2 aromatic heterocycles. The van der Waals surface area contributed by atoms with Gasteiger partial charge in [-0.1, -0.05) is 59.1 Å². The number of aromatic nitrogens is 4. The third-order valence-corrected chi connectivity index (χ3v) is 5.57. The SMILES string of the molecule is S=C(Nc1cnn(Cc2ccccc2Cl)c1)Nc1ccn(Cc2ccc(Cl)cc2Cl)n1. The number of nitrogens with one attached hydrogen (secondary N) is 2. The van der Waals surface area contributed by atoms with Crippen molar-refractivity contribution < 1.29 is 0 Å². The number of thiocarbonyl (C=S) groups is 1. The van der Waals surface area contributed by atoms with Crippen LogP contribution in [0.2, 0.25) is 15.1 Å². The molecule has 0 saturated carbocycles. The van der Waals surface area contributed by atoms with Gasteiger partial charge in [0, 0.05) is 33.5 Å². The Morgan fingerprint density at radius 3 is 2.48 bits per heavy atom. The van der Waals surface area contributed by atoms with E-state index in [0.717, 1.165) is 16.8 Å². The Morgan fingerprint density at radius 1 is 0.903 bits per heavy atom. The molecule has 0 aliphatic heterocycles. The Morgan fingerprint density at radius 2 is 1.68 bits per heavy atom. The predicted octanol–water partition coefficient (Wildman–Crippen LogP) is 5.95. The van der Waals surface area contributed by atoms with Crippen molar-refractivity contribution in [1.82, 2.24) is 19.6 Å². The van der Waals surface area contributed by atoms with E-state index in [1.54, 1.807) is 27.7 Å². The number of hydrogen-bond acceptors (Lipinski definition) is 3. The Hall–Kier alpha value is -2.58. The van der Waals surface area contributed by atoms with Gasteiger partial charge in [-0.2, -0.15) is 10.2 Å². The number of nitrogens with zero attached hydrogens (tertiary/aromatic N) is 4. The van der Waals surface area contributed by atoms with Gasteiger partial charge in [-0.05, 0) is 41.5 Å². The smallest absolute Gasteiger partial charge is 0.176 e. The molecule has 0 amide bonds. The molecule has 2 heterocycles. The van der Waals surface area contributed by atoms with E-state index in [1.807, 2.05) is 48.8 Å². The average molecular weight is 492 g/mol. The summed E-state index contributed by atoms with van der Waals surface area (Å²) in [6.07, 6.45) is 5.40. The second-order valence-electron chi connectivity index (χ2n) is 6.73. The van der Waals surface area contributed by atoms with E-state index in [4.69, 9.17) is 47.0 Å².